The minimum absolute atomic E-state index is 0.189. The SMILES string of the molecule is CCOc1ccccc1NC(=O)C1=C(C)NC(=S)N[C@H]1c1cccs1. The number of allylic oxidation sites excluding steroid dienone is 1. The van der Waals surface area contributed by atoms with Crippen LogP contribution >= 0.6 is 23.6 Å². The topological polar surface area (TPSA) is 62.4 Å². The quantitative estimate of drug-likeness (QED) is 0.700. The van der Waals surface area contributed by atoms with Crippen molar-refractivity contribution in [3.63, 3.8) is 0 Å². The first-order valence-electron chi connectivity index (χ1n) is 7.95. The molecule has 3 N–H and O–H groups in total. The Balaban J connectivity index is 1.91. The number of para-hydroxylation sites is 2. The van der Waals surface area contributed by atoms with Crippen LogP contribution in [0.1, 0.15) is 24.8 Å². The van der Waals surface area contributed by atoms with Crippen LogP contribution in [0.4, 0.5) is 5.69 Å². The maximum absolute atomic E-state index is 13.0. The predicted molar refractivity (Wildman–Crippen MR) is 105 cm³/mol. The van der Waals surface area contributed by atoms with E-state index in [1.54, 1.807) is 11.3 Å². The van der Waals surface area contributed by atoms with Crippen molar-refractivity contribution < 1.29 is 9.53 Å². The van der Waals surface area contributed by atoms with E-state index in [1.807, 2.05) is 55.6 Å². The van der Waals surface area contributed by atoms with Crippen LogP contribution in [-0.4, -0.2) is 17.6 Å². The van der Waals surface area contributed by atoms with Crippen molar-refractivity contribution in [3.8, 4) is 5.75 Å². The van der Waals surface area contributed by atoms with E-state index in [2.05, 4.69) is 16.0 Å². The predicted octanol–water partition coefficient (Wildman–Crippen LogP) is 3.58. The number of carbonyl (C=O) groups excluding carboxylic acids is 1. The molecule has 0 spiro atoms. The van der Waals surface area contributed by atoms with Gasteiger partial charge < -0.3 is 20.7 Å². The van der Waals surface area contributed by atoms with Crippen LogP contribution in [-0.2, 0) is 4.79 Å². The molecule has 2 heterocycles. The summed E-state index contributed by atoms with van der Waals surface area (Å²) in [5, 5.41) is 11.7. The van der Waals surface area contributed by atoms with E-state index in [0.29, 0.717) is 28.7 Å². The van der Waals surface area contributed by atoms with Crippen LogP contribution in [0.25, 0.3) is 0 Å². The lowest BCUT2D eigenvalue weighted by Crippen LogP contribution is -2.45. The molecule has 7 heteroatoms. The van der Waals surface area contributed by atoms with Gasteiger partial charge in [-0.2, -0.15) is 0 Å². The highest BCUT2D eigenvalue weighted by molar-refractivity contribution is 7.80. The number of nitrogens with one attached hydrogen (secondary N) is 3. The molecule has 130 valence electrons. The van der Waals surface area contributed by atoms with Crippen molar-refractivity contribution >= 4 is 40.3 Å². The van der Waals surface area contributed by atoms with Gasteiger partial charge in [-0.05, 0) is 49.6 Å². The fraction of sp³-hybridized carbons (Fsp3) is 0.222. The second kappa shape index (κ2) is 7.67. The first kappa shape index (κ1) is 17.4. The van der Waals surface area contributed by atoms with Gasteiger partial charge in [-0.25, -0.2) is 0 Å². The third kappa shape index (κ3) is 3.83. The molecule has 0 radical (unpaired) electrons. The van der Waals surface area contributed by atoms with Gasteiger partial charge in [0.1, 0.15) is 5.75 Å². The third-order valence-electron chi connectivity index (χ3n) is 3.78. The number of rotatable bonds is 5. The van der Waals surface area contributed by atoms with E-state index in [4.69, 9.17) is 17.0 Å². The van der Waals surface area contributed by atoms with E-state index in [9.17, 15) is 4.79 Å². The van der Waals surface area contributed by atoms with Crippen LogP contribution in [0.5, 0.6) is 5.75 Å². The number of thiocarbonyl (C=S) groups is 1. The summed E-state index contributed by atoms with van der Waals surface area (Å²) in [6.45, 7) is 4.30. The first-order chi connectivity index (χ1) is 12.1. The van der Waals surface area contributed by atoms with Crippen LogP contribution in [0.15, 0.2) is 53.0 Å². The van der Waals surface area contributed by atoms with Crippen LogP contribution in [0.3, 0.4) is 0 Å². The third-order valence-corrected chi connectivity index (χ3v) is 4.93. The Kier molecular flexibility index (Phi) is 5.35. The molecular formula is C18H19N3O2S2. The Hall–Kier alpha value is -2.38. The minimum atomic E-state index is -0.270. The van der Waals surface area contributed by atoms with E-state index < -0.39 is 0 Å². The van der Waals surface area contributed by atoms with Gasteiger partial charge in [0.15, 0.2) is 5.11 Å². The zero-order valence-electron chi connectivity index (χ0n) is 14.0. The summed E-state index contributed by atoms with van der Waals surface area (Å²) >= 11 is 6.84. The summed E-state index contributed by atoms with van der Waals surface area (Å²) in [4.78, 5) is 14.0. The number of anilines is 1. The average Bonchev–Trinajstić information content (AvgIpc) is 3.10. The number of thiophene rings is 1. The van der Waals surface area contributed by atoms with Gasteiger partial charge in [0.25, 0.3) is 5.91 Å². The molecule has 0 aliphatic carbocycles. The molecule has 3 rings (SSSR count). The molecule has 5 nitrogen and oxygen atoms in total. The second-order valence-electron chi connectivity index (χ2n) is 5.47. The van der Waals surface area contributed by atoms with E-state index >= 15 is 0 Å². The fourth-order valence-electron chi connectivity index (χ4n) is 2.70. The second-order valence-corrected chi connectivity index (χ2v) is 6.86. The first-order valence-corrected chi connectivity index (χ1v) is 9.23. The Morgan fingerprint density at radius 2 is 2.12 bits per heavy atom. The van der Waals surface area contributed by atoms with Gasteiger partial charge in [-0.3, -0.25) is 4.79 Å². The number of hydrogen-bond donors (Lipinski definition) is 3. The van der Waals surface area contributed by atoms with Gasteiger partial charge in [0, 0.05) is 10.6 Å². The maximum Gasteiger partial charge on any atom is 0.255 e. The lowest BCUT2D eigenvalue weighted by atomic mass is 10.0. The summed E-state index contributed by atoms with van der Waals surface area (Å²) < 4.78 is 5.59. The summed E-state index contributed by atoms with van der Waals surface area (Å²) in [5.41, 5.74) is 2.00. The van der Waals surface area contributed by atoms with Crippen LogP contribution < -0.4 is 20.7 Å². The molecule has 1 aliphatic heterocycles. The average molecular weight is 374 g/mol. The van der Waals surface area contributed by atoms with E-state index in [1.165, 1.54) is 0 Å². The Labute approximate surface area is 156 Å². The molecule has 1 aliphatic rings. The highest BCUT2D eigenvalue weighted by Gasteiger charge is 2.30. The van der Waals surface area contributed by atoms with Crippen LogP contribution in [0, 0.1) is 0 Å². The molecule has 2 aromatic rings. The van der Waals surface area contributed by atoms with Crippen molar-refractivity contribution in [1.29, 1.82) is 0 Å². The van der Waals surface area contributed by atoms with Gasteiger partial charge in [-0.1, -0.05) is 18.2 Å². The highest BCUT2D eigenvalue weighted by Crippen LogP contribution is 2.32. The van der Waals surface area contributed by atoms with E-state index in [0.717, 1.165) is 10.6 Å². The van der Waals surface area contributed by atoms with Crippen molar-refractivity contribution in [2.75, 3.05) is 11.9 Å². The molecule has 1 atom stereocenters. The van der Waals surface area contributed by atoms with Crippen molar-refractivity contribution in [2.45, 2.75) is 19.9 Å². The van der Waals surface area contributed by atoms with Crippen molar-refractivity contribution in [3.05, 3.63) is 57.9 Å². The maximum atomic E-state index is 13.0. The molecule has 1 amide bonds. The summed E-state index contributed by atoms with van der Waals surface area (Å²) in [6.07, 6.45) is 0. The number of ether oxygens (including phenoxy) is 1. The fourth-order valence-corrected chi connectivity index (χ4v) is 3.76. The van der Waals surface area contributed by atoms with Gasteiger partial charge >= 0.3 is 0 Å². The van der Waals surface area contributed by atoms with E-state index in [-0.39, 0.29) is 11.9 Å². The minimum Gasteiger partial charge on any atom is -0.492 e. The Morgan fingerprint density at radius 1 is 1.32 bits per heavy atom. The Morgan fingerprint density at radius 3 is 2.84 bits per heavy atom. The lowest BCUT2D eigenvalue weighted by Gasteiger charge is -2.29. The number of hydrogen-bond acceptors (Lipinski definition) is 4. The van der Waals surface area contributed by atoms with Crippen molar-refractivity contribution in [1.82, 2.24) is 10.6 Å². The summed E-state index contributed by atoms with van der Waals surface area (Å²) in [6, 6.07) is 11.1. The van der Waals surface area contributed by atoms with Crippen molar-refractivity contribution in [2.24, 2.45) is 0 Å². The van der Waals surface area contributed by atoms with Gasteiger partial charge in [-0.15, -0.1) is 11.3 Å². The number of carbonyl (C=O) groups is 1. The molecule has 0 unspecified atom stereocenters. The number of amides is 1. The zero-order chi connectivity index (χ0) is 17.8. The summed E-state index contributed by atoms with van der Waals surface area (Å²) in [5.74, 6) is 0.460. The zero-order valence-corrected chi connectivity index (χ0v) is 15.6. The Bertz CT molecular complexity index is 815. The smallest absolute Gasteiger partial charge is 0.255 e. The van der Waals surface area contributed by atoms with Gasteiger partial charge in [0.2, 0.25) is 0 Å². The normalized spacial score (nSPS) is 16.9. The largest absolute Gasteiger partial charge is 0.492 e. The molecular weight excluding hydrogens is 354 g/mol. The molecule has 0 saturated heterocycles. The molecule has 0 saturated carbocycles. The standard InChI is InChI=1S/C18H19N3O2S2/c1-3-23-13-8-5-4-7-12(13)20-17(22)15-11(2)19-18(24)21-16(15)14-9-6-10-25-14/h4-10,16H,3H2,1-2H3,(H,20,22)(H2,19,21,24)/t16-/m0/s1. The molecule has 0 bridgehead atoms. The highest BCUT2D eigenvalue weighted by atomic mass is 32.1. The molecule has 1 aromatic heterocycles. The summed E-state index contributed by atoms with van der Waals surface area (Å²) in [7, 11) is 0. The molecule has 1 aromatic carbocycles. The number of benzene rings is 1. The molecule has 25 heavy (non-hydrogen) atoms. The lowest BCUT2D eigenvalue weighted by molar-refractivity contribution is -0.113. The van der Waals surface area contributed by atoms with Crippen LogP contribution in [0.2, 0.25) is 0 Å². The monoisotopic (exact) mass is 373 g/mol. The molecule has 0 fully saturated rings. The van der Waals surface area contributed by atoms with Gasteiger partial charge in [0.05, 0.1) is 23.9 Å².